The molecule has 0 unspecified atom stereocenters. The molecule has 2 bridgehead atoms. The van der Waals surface area contributed by atoms with Crippen molar-refractivity contribution in [2.45, 2.75) is 38.3 Å². The fourth-order valence-electron chi connectivity index (χ4n) is 3.73. The van der Waals surface area contributed by atoms with Gasteiger partial charge < -0.3 is 14.8 Å². The molecule has 104 valence electrons. The Kier molecular flexibility index (Phi) is 3.65. The van der Waals surface area contributed by atoms with Gasteiger partial charge in [0.25, 0.3) is 0 Å². The van der Waals surface area contributed by atoms with Crippen molar-refractivity contribution in [1.82, 2.24) is 5.32 Å². The average molecular weight is 261 g/mol. The molecule has 0 aliphatic heterocycles. The third kappa shape index (κ3) is 2.57. The van der Waals surface area contributed by atoms with Gasteiger partial charge in [0.1, 0.15) is 11.5 Å². The zero-order valence-electron chi connectivity index (χ0n) is 11.8. The standard InChI is InChI=1S/C16H23NO2/c1-18-14-6-5-13(16(9-14)19-2)10-17-15-8-11-3-4-12(15)7-11/h5-6,9,11-12,15,17H,3-4,7-8,10H2,1-2H3/t11-,12-,15+/m0/s1. The topological polar surface area (TPSA) is 30.5 Å². The number of benzene rings is 1. The summed E-state index contributed by atoms with van der Waals surface area (Å²) in [6.45, 7) is 0.890. The smallest absolute Gasteiger partial charge is 0.127 e. The number of nitrogens with one attached hydrogen (secondary N) is 1. The van der Waals surface area contributed by atoms with Crippen molar-refractivity contribution in [3.05, 3.63) is 23.8 Å². The lowest BCUT2D eigenvalue weighted by Gasteiger charge is -2.23. The first-order valence-corrected chi connectivity index (χ1v) is 7.24. The van der Waals surface area contributed by atoms with Crippen molar-refractivity contribution >= 4 is 0 Å². The van der Waals surface area contributed by atoms with E-state index in [1.165, 1.54) is 31.2 Å². The van der Waals surface area contributed by atoms with E-state index in [9.17, 15) is 0 Å². The summed E-state index contributed by atoms with van der Waals surface area (Å²) in [6.07, 6.45) is 5.68. The van der Waals surface area contributed by atoms with Crippen LogP contribution in [0.15, 0.2) is 18.2 Å². The monoisotopic (exact) mass is 261 g/mol. The van der Waals surface area contributed by atoms with E-state index in [1.807, 2.05) is 12.1 Å². The molecule has 0 aromatic heterocycles. The van der Waals surface area contributed by atoms with E-state index in [1.54, 1.807) is 14.2 Å². The van der Waals surface area contributed by atoms with Gasteiger partial charge in [0.2, 0.25) is 0 Å². The van der Waals surface area contributed by atoms with Gasteiger partial charge in [-0.3, -0.25) is 0 Å². The van der Waals surface area contributed by atoms with E-state index in [0.717, 1.165) is 29.9 Å². The van der Waals surface area contributed by atoms with Crippen LogP contribution < -0.4 is 14.8 Å². The molecular formula is C16H23NO2. The van der Waals surface area contributed by atoms with Gasteiger partial charge in [0.15, 0.2) is 0 Å². The predicted octanol–water partition coefficient (Wildman–Crippen LogP) is 2.98. The van der Waals surface area contributed by atoms with E-state index >= 15 is 0 Å². The van der Waals surface area contributed by atoms with Crippen molar-refractivity contribution in [1.29, 1.82) is 0 Å². The van der Waals surface area contributed by atoms with Crippen LogP contribution in [0.5, 0.6) is 11.5 Å². The number of hydrogen-bond acceptors (Lipinski definition) is 3. The summed E-state index contributed by atoms with van der Waals surface area (Å²) in [5.41, 5.74) is 1.21. The highest BCUT2D eigenvalue weighted by Crippen LogP contribution is 2.44. The summed E-state index contributed by atoms with van der Waals surface area (Å²) in [6, 6.07) is 6.77. The molecule has 0 spiro atoms. The average Bonchev–Trinajstić information content (AvgIpc) is 3.07. The molecule has 3 nitrogen and oxygen atoms in total. The van der Waals surface area contributed by atoms with Crippen LogP contribution in [0.2, 0.25) is 0 Å². The van der Waals surface area contributed by atoms with Gasteiger partial charge in [-0.25, -0.2) is 0 Å². The van der Waals surface area contributed by atoms with E-state index in [0.29, 0.717) is 6.04 Å². The Bertz CT molecular complexity index is 446. The molecule has 0 saturated heterocycles. The second-order valence-corrected chi connectivity index (χ2v) is 5.84. The summed E-state index contributed by atoms with van der Waals surface area (Å²) < 4.78 is 10.7. The number of rotatable bonds is 5. The summed E-state index contributed by atoms with van der Waals surface area (Å²) in [4.78, 5) is 0. The van der Waals surface area contributed by atoms with Crippen molar-refractivity contribution in [2.75, 3.05) is 14.2 Å². The van der Waals surface area contributed by atoms with Crippen molar-refractivity contribution < 1.29 is 9.47 Å². The van der Waals surface area contributed by atoms with E-state index in [2.05, 4.69) is 11.4 Å². The zero-order chi connectivity index (χ0) is 13.2. The normalized spacial score (nSPS) is 28.6. The quantitative estimate of drug-likeness (QED) is 0.884. The summed E-state index contributed by atoms with van der Waals surface area (Å²) in [5, 5.41) is 3.72. The van der Waals surface area contributed by atoms with Crippen molar-refractivity contribution in [3.63, 3.8) is 0 Å². The summed E-state index contributed by atoms with van der Waals surface area (Å²) in [5.74, 6) is 3.66. The molecule has 1 N–H and O–H groups in total. The number of hydrogen-bond donors (Lipinski definition) is 1. The number of fused-ring (bicyclic) bond motifs is 2. The maximum absolute atomic E-state index is 5.44. The van der Waals surface area contributed by atoms with Gasteiger partial charge in [-0.15, -0.1) is 0 Å². The molecule has 1 aromatic rings. The first kappa shape index (κ1) is 12.8. The van der Waals surface area contributed by atoms with Crippen LogP contribution in [0.3, 0.4) is 0 Å². The third-order valence-corrected chi connectivity index (χ3v) is 4.79. The third-order valence-electron chi connectivity index (χ3n) is 4.79. The van der Waals surface area contributed by atoms with Gasteiger partial charge in [-0.1, -0.05) is 12.5 Å². The lowest BCUT2D eigenvalue weighted by atomic mass is 9.95. The molecule has 1 aromatic carbocycles. The van der Waals surface area contributed by atoms with Gasteiger partial charge in [0, 0.05) is 24.2 Å². The summed E-state index contributed by atoms with van der Waals surface area (Å²) in [7, 11) is 3.40. The lowest BCUT2D eigenvalue weighted by Crippen LogP contribution is -2.33. The Balaban J connectivity index is 1.63. The van der Waals surface area contributed by atoms with E-state index < -0.39 is 0 Å². The molecular weight excluding hydrogens is 238 g/mol. The molecule has 0 amide bonds. The summed E-state index contributed by atoms with van der Waals surface area (Å²) >= 11 is 0. The first-order valence-electron chi connectivity index (χ1n) is 7.24. The maximum Gasteiger partial charge on any atom is 0.127 e. The molecule has 19 heavy (non-hydrogen) atoms. The van der Waals surface area contributed by atoms with E-state index in [4.69, 9.17) is 9.47 Å². The zero-order valence-corrected chi connectivity index (χ0v) is 11.8. The molecule has 2 aliphatic rings. The Morgan fingerprint density at radius 1 is 1.16 bits per heavy atom. The lowest BCUT2D eigenvalue weighted by molar-refractivity contribution is 0.345. The second-order valence-electron chi connectivity index (χ2n) is 5.84. The SMILES string of the molecule is COc1ccc(CN[C@@H]2C[C@H]3CC[C@H]2C3)c(OC)c1. The Labute approximate surface area is 115 Å². The van der Waals surface area contributed by atoms with Gasteiger partial charge in [-0.2, -0.15) is 0 Å². The molecule has 3 heteroatoms. The Hall–Kier alpha value is -1.22. The molecule has 3 rings (SSSR count). The van der Waals surface area contributed by atoms with Crippen molar-refractivity contribution in [2.24, 2.45) is 11.8 Å². The van der Waals surface area contributed by atoms with Crippen LogP contribution in [0, 0.1) is 11.8 Å². The fraction of sp³-hybridized carbons (Fsp3) is 0.625. The highest BCUT2D eigenvalue weighted by molar-refractivity contribution is 5.40. The van der Waals surface area contributed by atoms with Crippen LogP contribution >= 0.6 is 0 Å². The first-order chi connectivity index (χ1) is 9.30. The van der Waals surface area contributed by atoms with Crippen LogP contribution in [-0.4, -0.2) is 20.3 Å². The minimum atomic E-state index is 0.713. The molecule has 2 fully saturated rings. The van der Waals surface area contributed by atoms with Crippen LogP contribution in [0.1, 0.15) is 31.2 Å². The molecule has 2 saturated carbocycles. The molecule has 2 aliphatic carbocycles. The second kappa shape index (κ2) is 5.41. The van der Waals surface area contributed by atoms with E-state index in [-0.39, 0.29) is 0 Å². The van der Waals surface area contributed by atoms with Crippen molar-refractivity contribution in [3.8, 4) is 11.5 Å². The minimum Gasteiger partial charge on any atom is -0.497 e. The van der Waals surface area contributed by atoms with Gasteiger partial charge >= 0.3 is 0 Å². The van der Waals surface area contributed by atoms with Gasteiger partial charge in [-0.05, 0) is 37.2 Å². The minimum absolute atomic E-state index is 0.713. The fourth-order valence-corrected chi connectivity index (χ4v) is 3.73. The van der Waals surface area contributed by atoms with Crippen LogP contribution in [-0.2, 0) is 6.54 Å². The highest BCUT2D eigenvalue weighted by Gasteiger charge is 2.39. The Morgan fingerprint density at radius 2 is 2.05 bits per heavy atom. The largest absolute Gasteiger partial charge is 0.497 e. The predicted molar refractivity (Wildman–Crippen MR) is 75.6 cm³/mol. The molecule has 0 heterocycles. The molecule has 3 atom stereocenters. The molecule has 0 radical (unpaired) electrons. The maximum atomic E-state index is 5.44. The van der Waals surface area contributed by atoms with Crippen LogP contribution in [0.4, 0.5) is 0 Å². The van der Waals surface area contributed by atoms with Crippen LogP contribution in [0.25, 0.3) is 0 Å². The van der Waals surface area contributed by atoms with Gasteiger partial charge in [0.05, 0.1) is 14.2 Å². The number of methoxy groups -OCH3 is 2. The number of ether oxygens (including phenoxy) is 2. The highest BCUT2D eigenvalue weighted by atomic mass is 16.5. The Morgan fingerprint density at radius 3 is 2.68 bits per heavy atom.